The first kappa shape index (κ1) is 17.6. The molecule has 0 spiro atoms. The molecule has 4 heterocycles. The van der Waals surface area contributed by atoms with E-state index in [-0.39, 0.29) is 5.91 Å². The molecule has 140 valence electrons. The molecule has 3 aromatic rings. The van der Waals surface area contributed by atoms with E-state index in [1.54, 1.807) is 24.8 Å². The number of imidazole rings is 1. The SMILES string of the molecule is CCN1CCCC1CNC(=O)c1cnc2c(c1)ncn2Cc1ccccn1. The number of hydrogen-bond acceptors (Lipinski definition) is 5. The number of fused-ring (bicyclic) bond motifs is 1. The number of likely N-dealkylation sites (tertiary alicyclic amines) is 1. The van der Waals surface area contributed by atoms with Crippen molar-refractivity contribution in [1.29, 1.82) is 0 Å². The Hall–Kier alpha value is -2.80. The summed E-state index contributed by atoms with van der Waals surface area (Å²) in [6.07, 6.45) is 7.49. The highest BCUT2D eigenvalue weighted by Crippen LogP contribution is 2.16. The van der Waals surface area contributed by atoms with Crippen molar-refractivity contribution in [2.24, 2.45) is 0 Å². The average Bonchev–Trinajstić information content (AvgIpc) is 3.33. The topological polar surface area (TPSA) is 75.9 Å². The maximum atomic E-state index is 12.5. The van der Waals surface area contributed by atoms with Gasteiger partial charge in [-0.15, -0.1) is 0 Å². The molecule has 7 heteroatoms. The van der Waals surface area contributed by atoms with Gasteiger partial charge < -0.3 is 9.88 Å². The standard InChI is InChI=1S/C20H24N6O/c1-2-25-9-5-7-17(25)12-23-20(27)15-10-18-19(22-11-15)26(14-24-18)13-16-6-3-4-8-21-16/h3-4,6,8,10-11,14,17H,2,5,7,9,12-13H2,1H3,(H,23,27). The molecule has 1 unspecified atom stereocenters. The van der Waals surface area contributed by atoms with Crippen LogP contribution in [-0.4, -0.2) is 56.0 Å². The van der Waals surface area contributed by atoms with Gasteiger partial charge in [0.15, 0.2) is 5.65 Å². The zero-order chi connectivity index (χ0) is 18.6. The number of pyridine rings is 2. The van der Waals surface area contributed by atoms with Gasteiger partial charge in [-0.25, -0.2) is 9.97 Å². The Bertz CT molecular complexity index is 923. The summed E-state index contributed by atoms with van der Waals surface area (Å²) in [6.45, 7) is 5.60. The van der Waals surface area contributed by atoms with Crippen molar-refractivity contribution in [1.82, 2.24) is 29.7 Å². The highest BCUT2D eigenvalue weighted by atomic mass is 16.1. The first-order valence-corrected chi connectivity index (χ1v) is 9.47. The van der Waals surface area contributed by atoms with Crippen LogP contribution in [0.15, 0.2) is 43.0 Å². The molecule has 1 N–H and O–H groups in total. The van der Waals surface area contributed by atoms with Crippen LogP contribution in [0.5, 0.6) is 0 Å². The van der Waals surface area contributed by atoms with Crippen LogP contribution in [0.4, 0.5) is 0 Å². The molecule has 0 saturated carbocycles. The number of rotatable bonds is 6. The van der Waals surface area contributed by atoms with Gasteiger partial charge in [-0.3, -0.25) is 14.7 Å². The monoisotopic (exact) mass is 364 g/mol. The lowest BCUT2D eigenvalue weighted by atomic mass is 10.2. The number of nitrogens with zero attached hydrogens (tertiary/aromatic N) is 5. The van der Waals surface area contributed by atoms with E-state index < -0.39 is 0 Å². The number of aromatic nitrogens is 4. The molecule has 0 aromatic carbocycles. The van der Waals surface area contributed by atoms with Crippen LogP contribution in [0.1, 0.15) is 35.8 Å². The maximum absolute atomic E-state index is 12.5. The Morgan fingerprint density at radius 2 is 2.22 bits per heavy atom. The van der Waals surface area contributed by atoms with Crippen LogP contribution in [0.25, 0.3) is 11.2 Å². The Labute approximate surface area is 158 Å². The second kappa shape index (κ2) is 7.84. The van der Waals surface area contributed by atoms with Crippen molar-refractivity contribution in [3.8, 4) is 0 Å². The van der Waals surface area contributed by atoms with E-state index >= 15 is 0 Å². The van der Waals surface area contributed by atoms with Gasteiger partial charge in [0.2, 0.25) is 0 Å². The van der Waals surface area contributed by atoms with Crippen LogP contribution in [-0.2, 0) is 6.54 Å². The van der Waals surface area contributed by atoms with Crippen molar-refractivity contribution in [3.05, 3.63) is 54.2 Å². The predicted octanol–water partition coefficient (Wildman–Crippen LogP) is 2.09. The van der Waals surface area contributed by atoms with E-state index in [0.717, 1.165) is 36.4 Å². The number of carbonyl (C=O) groups excluding carboxylic acids is 1. The summed E-state index contributed by atoms with van der Waals surface area (Å²) in [5.74, 6) is -0.0911. The molecule has 27 heavy (non-hydrogen) atoms. The van der Waals surface area contributed by atoms with Crippen LogP contribution in [0, 0.1) is 0 Å². The number of amides is 1. The maximum Gasteiger partial charge on any atom is 0.252 e. The van der Waals surface area contributed by atoms with Crippen molar-refractivity contribution in [2.45, 2.75) is 32.4 Å². The fourth-order valence-electron chi connectivity index (χ4n) is 3.71. The molecule has 1 amide bonds. The first-order valence-electron chi connectivity index (χ1n) is 9.47. The number of likely N-dealkylation sites (N-methyl/N-ethyl adjacent to an activating group) is 1. The summed E-state index contributed by atoms with van der Waals surface area (Å²) in [5, 5.41) is 3.05. The molecule has 0 bridgehead atoms. The van der Waals surface area contributed by atoms with Crippen LogP contribution >= 0.6 is 0 Å². The molecule has 0 radical (unpaired) electrons. The van der Waals surface area contributed by atoms with E-state index in [0.29, 0.717) is 24.7 Å². The van der Waals surface area contributed by atoms with E-state index in [4.69, 9.17) is 0 Å². The fourth-order valence-corrected chi connectivity index (χ4v) is 3.71. The first-order chi connectivity index (χ1) is 13.2. The summed E-state index contributed by atoms with van der Waals surface area (Å²) in [5.41, 5.74) is 2.96. The summed E-state index contributed by atoms with van der Waals surface area (Å²) in [4.78, 5) is 28.2. The molecule has 1 atom stereocenters. The minimum Gasteiger partial charge on any atom is -0.350 e. The highest BCUT2D eigenvalue weighted by Gasteiger charge is 2.23. The Kier molecular flexibility index (Phi) is 5.11. The summed E-state index contributed by atoms with van der Waals surface area (Å²) in [6, 6.07) is 8.06. The number of hydrogen-bond donors (Lipinski definition) is 1. The van der Waals surface area contributed by atoms with Gasteiger partial charge >= 0.3 is 0 Å². The third-order valence-electron chi connectivity index (χ3n) is 5.18. The molecule has 7 nitrogen and oxygen atoms in total. The largest absolute Gasteiger partial charge is 0.350 e. The van der Waals surface area contributed by atoms with Crippen molar-refractivity contribution in [3.63, 3.8) is 0 Å². The minimum absolute atomic E-state index is 0.0911. The van der Waals surface area contributed by atoms with Gasteiger partial charge in [0.05, 0.1) is 24.1 Å². The van der Waals surface area contributed by atoms with E-state index in [1.165, 1.54) is 6.42 Å². The molecule has 4 rings (SSSR count). The summed E-state index contributed by atoms with van der Waals surface area (Å²) < 4.78 is 1.94. The van der Waals surface area contributed by atoms with Gasteiger partial charge in [0.25, 0.3) is 5.91 Å². The lowest BCUT2D eigenvalue weighted by Gasteiger charge is -2.22. The minimum atomic E-state index is -0.0911. The lowest BCUT2D eigenvalue weighted by molar-refractivity contribution is 0.0941. The zero-order valence-corrected chi connectivity index (χ0v) is 15.5. The quantitative estimate of drug-likeness (QED) is 0.725. The Balaban J connectivity index is 1.45. The average molecular weight is 364 g/mol. The van der Waals surface area contributed by atoms with Crippen LogP contribution in [0.2, 0.25) is 0 Å². The Morgan fingerprint density at radius 3 is 3.04 bits per heavy atom. The third-order valence-corrected chi connectivity index (χ3v) is 5.18. The molecule has 0 aliphatic carbocycles. The third kappa shape index (κ3) is 3.83. The van der Waals surface area contributed by atoms with E-state index in [9.17, 15) is 4.79 Å². The van der Waals surface area contributed by atoms with Gasteiger partial charge in [0.1, 0.15) is 5.52 Å². The molecule has 1 saturated heterocycles. The predicted molar refractivity (Wildman–Crippen MR) is 103 cm³/mol. The van der Waals surface area contributed by atoms with Crippen molar-refractivity contribution < 1.29 is 4.79 Å². The molecule has 3 aromatic heterocycles. The Morgan fingerprint density at radius 1 is 1.30 bits per heavy atom. The number of nitrogens with one attached hydrogen (secondary N) is 1. The smallest absolute Gasteiger partial charge is 0.252 e. The van der Waals surface area contributed by atoms with Crippen molar-refractivity contribution in [2.75, 3.05) is 19.6 Å². The molecular formula is C20H24N6O. The summed E-state index contributed by atoms with van der Waals surface area (Å²) in [7, 11) is 0. The van der Waals surface area contributed by atoms with E-state index in [1.807, 2.05) is 22.8 Å². The zero-order valence-electron chi connectivity index (χ0n) is 15.5. The van der Waals surface area contributed by atoms with Gasteiger partial charge in [-0.1, -0.05) is 13.0 Å². The van der Waals surface area contributed by atoms with Gasteiger partial charge in [0, 0.05) is 25.0 Å². The molecular weight excluding hydrogens is 340 g/mol. The molecule has 1 aliphatic rings. The number of carbonyl (C=O) groups is 1. The van der Waals surface area contributed by atoms with Crippen LogP contribution in [0.3, 0.4) is 0 Å². The lowest BCUT2D eigenvalue weighted by Crippen LogP contribution is -2.40. The summed E-state index contributed by atoms with van der Waals surface area (Å²) >= 11 is 0. The van der Waals surface area contributed by atoms with Crippen LogP contribution < -0.4 is 5.32 Å². The van der Waals surface area contributed by atoms with E-state index in [2.05, 4.69) is 32.1 Å². The van der Waals surface area contributed by atoms with Crippen molar-refractivity contribution >= 4 is 17.1 Å². The molecule has 1 fully saturated rings. The fraction of sp³-hybridized carbons (Fsp3) is 0.400. The normalized spacial score (nSPS) is 17.4. The molecule has 1 aliphatic heterocycles. The second-order valence-electron chi connectivity index (χ2n) is 6.89. The van der Waals surface area contributed by atoms with Gasteiger partial charge in [-0.05, 0) is 44.1 Å². The van der Waals surface area contributed by atoms with Gasteiger partial charge in [-0.2, -0.15) is 0 Å². The highest BCUT2D eigenvalue weighted by molar-refractivity contribution is 5.96. The second-order valence-corrected chi connectivity index (χ2v) is 6.89.